The summed E-state index contributed by atoms with van der Waals surface area (Å²) < 4.78 is 27.3. The maximum atomic E-state index is 13.2. The van der Waals surface area contributed by atoms with Gasteiger partial charge in [-0.15, -0.1) is 0 Å². The minimum absolute atomic E-state index is 0.00903. The molecule has 10 heteroatoms. The standard InChI is InChI=1S/C20H22N4O5S/c25-20(22-21-16-7-3-1-4-8-16)15-23(17-11-13-18(14-12-17)24(26)27)30(28,29)19-9-5-2-6-10-19/h2,5-6,9-14H,1,3-4,7-8,15H2,(H,22,25). The lowest BCUT2D eigenvalue weighted by atomic mass is 9.99. The molecule has 9 nitrogen and oxygen atoms in total. The number of carbonyl (C=O) groups is 1. The Morgan fingerprint density at radius 3 is 2.27 bits per heavy atom. The smallest absolute Gasteiger partial charge is 0.269 e. The van der Waals surface area contributed by atoms with Crippen molar-refractivity contribution in [3.63, 3.8) is 0 Å². The van der Waals surface area contributed by atoms with Crippen LogP contribution in [0, 0.1) is 10.1 Å². The Morgan fingerprint density at radius 1 is 1.03 bits per heavy atom. The van der Waals surface area contributed by atoms with Crippen LogP contribution in [0.1, 0.15) is 32.1 Å². The lowest BCUT2D eigenvalue weighted by Crippen LogP contribution is -2.39. The molecule has 1 aliphatic rings. The molecule has 0 atom stereocenters. The summed E-state index contributed by atoms with van der Waals surface area (Å²) in [6.45, 7) is -0.508. The number of nitro groups is 1. The number of rotatable bonds is 7. The second-order valence-corrected chi connectivity index (χ2v) is 8.73. The Hall–Kier alpha value is -3.27. The Bertz CT molecular complexity index is 1030. The Kier molecular flexibility index (Phi) is 6.78. The predicted molar refractivity (Wildman–Crippen MR) is 113 cm³/mol. The van der Waals surface area contributed by atoms with E-state index < -0.39 is 27.4 Å². The molecule has 1 amide bonds. The maximum absolute atomic E-state index is 13.2. The fourth-order valence-corrected chi connectivity index (χ4v) is 4.60. The number of non-ortho nitro benzene ring substituents is 1. The van der Waals surface area contributed by atoms with Crippen LogP contribution in [0.15, 0.2) is 64.6 Å². The summed E-state index contributed by atoms with van der Waals surface area (Å²) in [6, 6.07) is 12.7. The largest absolute Gasteiger partial charge is 0.271 e. The zero-order valence-corrected chi connectivity index (χ0v) is 17.0. The first kappa shape index (κ1) is 21.4. The molecule has 1 aliphatic carbocycles. The van der Waals surface area contributed by atoms with Gasteiger partial charge in [-0.3, -0.25) is 19.2 Å². The van der Waals surface area contributed by atoms with Crippen molar-refractivity contribution >= 4 is 33.0 Å². The molecule has 2 aromatic rings. The molecule has 0 aliphatic heterocycles. The van der Waals surface area contributed by atoms with Crippen molar-refractivity contribution < 1.29 is 18.1 Å². The number of sulfonamides is 1. The summed E-state index contributed by atoms with van der Waals surface area (Å²) in [5.41, 5.74) is 3.30. The second kappa shape index (κ2) is 9.49. The average Bonchev–Trinajstić information content (AvgIpc) is 2.77. The zero-order valence-electron chi connectivity index (χ0n) is 16.2. The zero-order chi connectivity index (χ0) is 21.6. The normalized spacial score (nSPS) is 14.1. The van der Waals surface area contributed by atoms with Crippen molar-refractivity contribution in [3.8, 4) is 0 Å². The number of anilines is 1. The number of nitrogens with zero attached hydrogens (tertiary/aromatic N) is 3. The van der Waals surface area contributed by atoms with Crippen molar-refractivity contribution in [3.05, 3.63) is 64.7 Å². The third kappa shape index (κ3) is 5.20. The molecule has 2 aromatic carbocycles. The van der Waals surface area contributed by atoms with E-state index >= 15 is 0 Å². The molecule has 0 heterocycles. The van der Waals surface area contributed by atoms with Crippen molar-refractivity contribution in [1.29, 1.82) is 0 Å². The molecule has 0 spiro atoms. The van der Waals surface area contributed by atoms with E-state index in [4.69, 9.17) is 0 Å². The maximum Gasteiger partial charge on any atom is 0.269 e. The third-order valence-corrected chi connectivity index (χ3v) is 6.52. The van der Waals surface area contributed by atoms with Crippen molar-refractivity contribution in [2.24, 2.45) is 5.10 Å². The third-order valence-electron chi connectivity index (χ3n) is 4.74. The van der Waals surface area contributed by atoms with Crippen LogP contribution in [0.2, 0.25) is 0 Å². The number of nitrogens with one attached hydrogen (secondary N) is 1. The summed E-state index contributed by atoms with van der Waals surface area (Å²) in [5.74, 6) is -0.592. The first-order chi connectivity index (χ1) is 14.4. The summed E-state index contributed by atoms with van der Waals surface area (Å²) in [6.07, 6.45) is 4.80. The van der Waals surface area contributed by atoms with Gasteiger partial charge >= 0.3 is 0 Å². The topological polar surface area (TPSA) is 122 Å². The van der Waals surface area contributed by atoms with Crippen LogP contribution in [-0.4, -0.2) is 31.5 Å². The molecular formula is C20H22N4O5S. The van der Waals surface area contributed by atoms with Crippen molar-refractivity contribution in [2.45, 2.75) is 37.0 Å². The van der Waals surface area contributed by atoms with E-state index in [9.17, 15) is 23.3 Å². The number of hydrazone groups is 1. The average molecular weight is 430 g/mol. The number of nitro benzene ring substituents is 1. The number of amides is 1. The molecule has 3 rings (SSSR count). The number of hydrogen-bond donors (Lipinski definition) is 1. The lowest BCUT2D eigenvalue weighted by Gasteiger charge is -2.23. The highest BCUT2D eigenvalue weighted by Crippen LogP contribution is 2.25. The first-order valence-electron chi connectivity index (χ1n) is 9.54. The molecule has 0 saturated heterocycles. The molecule has 0 aromatic heterocycles. The minimum atomic E-state index is -4.07. The molecular weight excluding hydrogens is 408 g/mol. The van der Waals surface area contributed by atoms with E-state index in [1.54, 1.807) is 18.2 Å². The molecule has 0 radical (unpaired) electrons. The number of hydrogen-bond acceptors (Lipinski definition) is 6. The van der Waals surface area contributed by atoms with Crippen molar-refractivity contribution in [1.82, 2.24) is 5.43 Å². The van der Waals surface area contributed by atoms with E-state index in [-0.39, 0.29) is 16.3 Å². The van der Waals surface area contributed by atoms with Crippen molar-refractivity contribution in [2.75, 3.05) is 10.8 Å². The molecule has 1 fully saturated rings. The molecule has 1 N–H and O–H groups in total. The fraction of sp³-hybridized carbons (Fsp3) is 0.300. The summed E-state index contributed by atoms with van der Waals surface area (Å²) in [4.78, 5) is 22.8. The Labute approximate surface area is 174 Å². The van der Waals surface area contributed by atoms with Gasteiger partial charge in [0.05, 0.1) is 15.5 Å². The van der Waals surface area contributed by atoms with Gasteiger partial charge in [-0.05, 0) is 49.9 Å². The first-order valence-corrected chi connectivity index (χ1v) is 11.0. The van der Waals surface area contributed by atoms with Crippen LogP contribution in [0.4, 0.5) is 11.4 Å². The van der Waals surface area contributed by atoms with Gasteiger partial charge in [0.15, 0.2) is 0 Å². The quantitative estimate of drug-likeness (QED) is 0.534. The van der Waals surface area contributed by atoms with Gasteiger partial charge in [-0.25, -0.2) is 13.8 Å². The van der Waals surface area contributed by atoms with Gasteiger partial charge in [0.1, 0.15) is 6.54 Å². The van der Waals surface area contributed by atoms with Crippen LogP contribution in [0.25, 0.3) is 0 Å². The van der Waals surface area contributed by atoms with Gasteiger partial charge in [-0.1, -0.05) is 24.6 Å². The highest BCUT2D eigenvalue weighted by atomic mass is 32.2. The molecule has 0 bridgehead atoms. The Morgan fingerprint density at radius 2 is 1.67 bits per heavy atom. The van der Waals surface area contributed by atoms with E-state index in [2.05, 4.69) is 10.5 Å². The molecule has 0 unspecified atom stereocenters. The Balaban J connectivity index is 1.87. The van der Waals surface area contributed by atoms with Crippen LogP contribution in [-0.2, 0) is 14.8 Å². The number of benzene rings is 2. The monoisotopic (exact) mass is 430 g/mol. The van der Waals surface area contributed by atoms with E-state index in [0.717, 1.165) is 42.1 Å². The summed E-state index contributed by atoms with van der Waals surface area (Å²) in [7, 11) is -4.07. The van der Waals surface area contributed by atoms with Crippen LogP contribution < -0.4 is 9.73 Å². The van der Waals surface area contributed by atoms with Gasteiger partial charge in [0, 0.05) is 17.8 Å². The second-order valence-electron chi connectivity index (χ2n) is 6.87. The fourth-order valence-electron chi connectivity index (χ4n) is 3.15. The highest BCUT2D eigenvalue weighted by molar-refractivity contribution is 7.92. The van der Waals surface area contributed by atoms with Gasteiger partial charge in [-0.2, -0.15) is 5.10 Å². The highest BCUT2D eigenvalue weighted by Gasteiger charge is 2.27. The van der Waals surface area contributed by atoms with Gasteiger partial charge in [0.2, 0.25) is 0 Å². The molecule has 1 saturated carbocycles. The van der Waals surface area contributed by atoms with Crippen LogP contribution in [0.5, 0.6) is 0 Å². The number of carbonyl (C=O) groups excluding carboxylic acids is 1. The van der Waals surface area contributed by atoms with Crippen LogP contribution in [0.3, 0.4) is 0 Å². The van der Waals surface area contributed by atoms with E-state index in [1.165, 1.54) is 36.4 Å². The minimum Gasteiger partial charge on any atom is -0.271 e. The predicted octanol–water partition coefficient (Wildman–Crippen LogP) is 3.23. The SMILES string of the molecule is O=C(CN(c1ccc([N+](=O)[O-])cc1)S(=O)(=O)c1ccccc1)NN=C1CCCCC1. The lowest BCUT2D eigenvalue weighted by molar-refractivity contribution is -0.384. The van der Waals surface area contributed by atoms with E-state index in [0.29, 0.717) is 0 Å². The van der Waals surface area contributed by atoms with Gasteiger partial charge < -0.3 is 0 Å². The summed E-state index contributed by atoms with van der Waals surface area (Å²) in [5, 5.41) is 15.0. The molecule has 158 valence electrons. The van der Waals surface area contributed by atoms with Gasteiger partial charge in [0.25, 0.3) is 21.6 Å². The van der Waals surface area contributed by atoms with E-state index in [1.807, 2.05) is 0 Å². The molecule has 30 heavy (non-hydrogen) atoms. The summed E-state index contributed by atoms with van der Waals surface area (Å²) >= 11 is 0. The van der Waals surface area contributed by atoms with Crippen LogP contribution >= 0.6 is 0 Å².